The van der Waals surface area contributed by atoms with Crippen molar-refractivity contribution < 1.29 is 0 Å². The van der Waals surface area contributed by atoms with Gasteiger partial charge in [-0.05, 0) is 70.5 Å². The summed E-state index contributed by atoms with van der Waals surface area (Å²) < 4.78 is 0. The van der Waals surface area contributed by atoms with Gasteiger partial charge < -0.3 is 4.90 Å². The smallest absolute Gasteiger partial charge is 0.0612 e. The van der Waals surface area contributed by atoms with E-state index in [0.29, 0.717) is 0 Å². The van der Waals surface area contributed by atoms with E-state index in [1.54, 1.807) is 0 Å². The van der Waals surface area contributed by atoms with Crippen LogP contribution in [0.25, 0.3) is 0 Å². The SMILES string of the molecule is CC(C)(C)c1ccc(N(c2ccc(C(C)(C)C)cc2)c2cccc3c2Sc2ccccc2S3)cc1. The molecular weight excluding hydrogens is 462 g/mol. The van der Waals surface area contributed by atoms with E-state index in [1.807, 2.05) is 23.5 Å². The van der Waals surface area contributed by atoms with E-state index >= 15 is 0 Å². The molecule has 0 fully saturated rings. The Labute approximate surface area is 219 Å². The predicted molar refractivity (Wildman–Crippen MR) is 153 cm³/mol. The second-order valence-corrected chi connectivity index (χ2v) is 13.3. The second kappa shape index (κ2) is 9.11. The summed E-state index contributed by atoms with van der Waals surface area (Å²) in [5.74, 6) is 0. The molecule has 0 N–H and O–H groups in total. The molecule has 0 atom stereocenters. The Morgan fingerprint density at radius 3 is 1.43 bits per heavy atom. The molecule has 35 heavy (non-hydrogen) atoms. The first-order valence-electron chi connectivity index (χ1n) is 12.2. The number of fused-ring (bicyclic) bond motifs is 2. The van der Waals surface area contributed by atoms with Crippen LogP contribution in [0.5, 0.6) is 0 Å². The van der Waals surface area contributed by atoms with Gasteiger partial charge in [0.05, 0.1) is 10.6 Å². The maximum Gasteiger partial charge on any atom is 0.0612 e. The summed E-state index contributed by atoms with van der Waals surface area (Å²) in [6.07, 6.45) is 0. The van der Waals surface area contributed by atoms with Crippen LogP contribution in [0.2, 0.25) is 0 Å². The molecule has 0 bridgehead atoms. The Balaban J connectivity index is 1.64. The molecule has 3 heteroatoms. The number of benzene rings is 4. The van der Waals surface area contributed by atoms with Crippen LogP contribution in [0, 0.1) is 0 Å². The maximum atomic E-state index is 2.42. The molecule has 0 unspecified atom stereocenters. The lowest BCUT2D eigenvalue weighted by Gasteiger charge is -2.31. The highest BCUT2D eigenvalue weighted by atomic mass is 32.2. The first kappa shape index (κ1) is 24.1. The molecule has 0 amide bonds. The topological polar surface area (TPSA) is 3.24 Å². The number of hydrogen-bond acceptors (Lipinski definition) is 3. The van der Waals surface area contributed by atoms with E-state index in [-0.39, 0.29) is 10.8 Å². The third-order valence-electron chi connectivity index (χ3n) is 6.46. The number of anilines is 3. The Morgan fingerprint density at radius 2 is 0.943 bits per heavy atom. The molecule has 178 valence electrons. The van der Waals surface area contributed by atoms with Crippen LogP contribution in [0.4, 0.5) is 17.1 Å². The molecule has 1 aliphatic rings. The molecule has 0 aliphatic carbocycles. The van der Waals surface area contributed by atoms with Crippen LogP contribution in [0.1, 0.15) is 52.7 Å². The molecule has 0 saturated heterocycles. The van der Waals surface area contributed by atoms with Crippen molar-refractivity contribution in [1.82, 2.24) is 0 Å². The molecule has 0 radical (unpaired) electrons. The van der Waals surface area contributed by atoms with Gasteiger partial charge in [0.1, 0.15) is 0 Å². The molecule has 1 heterocycles. The molecule has 0 spiro atoms. The van der Waals surface area contributed by atoms with E-state index in [2.05, 4.69) is 137 Å². The predicted octanol–water partition coefficient (Wildman–Crippen LogP) is 10.4. The van der Waals surface area contributed by atoms with E-state index in [4.69, 9.17) is 0 Å². The van der Waals surface area contributed by atoms with Gasteiger partial charge in [0.25, 0.3) is 0 Å². The Kier molecular flexibility index (Phi) is 6.27. The van der Waals surface area contributed by atoms with Crippen molar-refractivity contribution in [3.8, 4) is 0 Å². The summed E-state index contributed by atoms with van der Waals surface area (Å²) in [6.45, 7) is 13.6. The zero-order chi connectivity index (χ0) is 24.8. The number of nitrogens with zero attached hydrogens (tertiary/aromatic N) is 1. The fraction of sp³-hybridized carbons (Fsp3) is 0.250. The average molecular weight is 496 g/mol. The minimum Gasteiger partial charge on any atom is -0.309 e. The van der Waals surface area contributed by atoms with Crippen molar-refractivity contribution in [3.05, 3.63) is 102 Å². The van der Waals surface area contributed by atoms with Gasteiger partial charge in [-0.3, -0.25) is 0 Å². The van der Waals surface area contributed by atoms with E-state index in [1.165, 1.54) is 47.8 Å². The molecule has 1 nitrogen and oxygen atoms in total. The molecule has 4 aromatic carbocycles. The largest absolute Gasteiger partial charge is 0.309 e. The van der Waals surface area contributed by atoms with Crippen LogP contribution in [0.15, 0.2) is 111 Å². The zero-order valence-corrected chi connectivity index (χ0v) is 23.1. The summed E-state index contributed by atoms with van der Waals surface area (Å²) in [5, 5.41) is 0. The second-order valence-electron chi connectivity index (χ2n) is 11.2. The Bertz CT molecular complexity index is 1280. The van der Waals surface area contributed by atoms with Gasteiger partial charge in [-0.15, -0.1) is 0 Å². The van der Waals surface area contributed by atoms with Crippen molar-refractivity contribution in [2.45, 2.75) is 72.0 Å². The molecule has 1 aliphatic heterocycles. The summed E-state index contributed by atoms with van der Waals surface area (Å²) in [5.41, 5.74) is 6.52. The van der Waals surface area contributed by atoms with Crippen LogP contribution in [-0.2, 0) is 10.8 Å². The van der Waals surface area contributed by atoms with Gasteiger partial charge >= 0.3 is 0 Å². The lowest BCUT2D eigenvalue weighted by atomic mass is 9.86. The van der Waals surface area contributed by atoms with E-state index < -0.39 is 0 Å². The summed E-state index contributed by atoms with van der Waals surface area (Å²) in [4.78, 5) is 7.70. The van der Waals surface area contributed by atoms with Crippen molar-refractivity contribution in [1.29, 1.82) is 0 Å². The van der Waals surface area contributed by atoms with Gasteiger partial charge in [0, 0.05) is 26.1 Å². The van der Waals surface area contributed by atoms with E-state index in [9.17, 15) is 0 Å². The van der Waals surface area contributed by atoms with Gasteiger partial charge in [-0.25, -0.2) is 0 Å². The highest BCUT2D eigenvalue weighted by molar-refractivity contribution is 8.05. The standard InChI is InChI=1S/C32H33NS2/c1-31(2,3)22-14-18-24(19-15-22)33(25-20-16-23(17-21-25)32(4,5)6)26-10-9-13-29-30(26)35-28-12-8-7-11-27(28)34-29/h7-21H,1-6H3. The van der Waals surface area contributed by atoms with Crippen LogP contribution in [-0.4, -0.2) is 0 Å². The van der Waals surface area contributed by atoms with Crippen molar-refractivity contribution >= 4 is 40.6 Å². The highest BCUT2D eigenvalue weighted by Gasteiger charge is 2.25. The van der Waals surface area contributed by atoms with Gasteiger partial charge in [-0.1, -0.05) is 108 Å². The minimum absolute atomic E-state index is 0.125. The molecular formula is C32H33NS2. The third kappa shape index (κ3) is 4.90. The van der Waals surface area contributed by atoms with E-state index in [0.717, 1.165) is 0 Å². The summed E-state index contributed by atoms with van der Waals surface area (Å²) in [6, 6.07) is 33.6. The van der Waals surface area contributed by atoms with Crippen LogP contribution >= 0.6 is 23.5 Å². The number of rotatable bonds is 3. The zero-order valence-electron chi connectivity index (χ0n) is 21.4. The summed E-state index contributed by atoms with van der Waals surface area (Å²) >= 11 is 3.75. The fourth-order valence-electron chi connectivity index (χ4n) is 4.36. The van der Waals surface area contributed by atoms with Crippen molar-refractivity contribution in [2.24, 2.45) is 0 Å². The third-order valence-corrected chi connectivity index (χ3v) is 9.07. The highest BCUT2D eigenvalue weighted by Crippen LogP contribution is 2.53. The first-order valence-corrected chi connectivity index (χ1v) is 13.8. The summed E-state index contributed by atoms with van der Waals surface area (Å²) in [7, 11) is 0. The minimum atomic E-state index is 0.125. The molecule has 0 saturated carbocycles. The quantitative estimate of drug-likeness (QED) is 0.245. The first-order chi connectivity index (χ1) is 16.6. The lowest BCUT2D eigenvalue weighted by Crippen LogP contribution is -2.15. The maximum absolute atomic E-state index is 2.42. The van der Waals surface area contributed by atoms with Gasteiger partial charge in [0.2, 0.25) is 0 Å². The monoisotopic (exact) mass is 495 g/mol. The van der Waals surface area contributed by atoms with Crippen LogP contribution < -0.4 is 4.90 Å². The van der Waals surface area contributed by atoms with Crippen molar-refractivity contribution in [2.75, 3.05) is 4.90 Å². The molecule has 5 rings (SSSR count). The average Bonchev–Trinajstić information content (AvgIpc) is 2.83. The normalized spacial score (nSPS) is 13.2. The Hall–Kier alpha value is -2.62. The fourth-order valence-corrected chi connectivity index (χ4v) is 6.72. The lowest BCUT2D eigenvalue weighted by molar-refractivity contribution is 0.590. The van der Waals surface area contributed by atoms with Crippen molar-refractivity contribution in [3.63, 3.8) is 0 Å². The molecule has 0 aromatic heterocycles. The molecule has 4 aromatic rings. The van der Waals surface area contributed by atoms with Crippen LogP contribution in [0.3, 0.4) is 0 Å². The van der Waals surface area contributed by atoms with Gasteiger partial charge in [-0.2, -0.15) is 0 Å². The number of hydrogen-bond donors (Lipinski definition) is 0. The Morgan fingerprint density at radius 1 is 0.486 bits per heavy atom. The van der Waals surface area contributed by atoms with Gasteiger partial charge in [0.15, 0.2) is 0 Å².